The smallest absolute Gasteiger partial charge is 0.324 e. The summed E-state index contributed by atoms with van der Waals surface area (Å²) in [6.45, 7) is 5.03. The number of anilines is 1. The van der Waals surface area contributed by atoms with Crippen LogP contribution in [-0.2, 0) is 4.79 Å². The molecule has 3 rings (SSSR count). The van der Waals surface area contributed by atoms with E-state index in [1.807, 2.05) is 25.1 Å². The van der Waals surface area contributed by atoms with Gasteiger partial charge in [-0.15, -0.1) is 0 Å². The third kappa shape index (κ3) is 5.23. The van der Waals surface area contributed by atoms with Crippen LogP contribution in [0.1, 0.15) is 13.3 Å². The van der Waals surface area contributed by atoms with Crippen LogP contribution >= 0.6 is 11.6 Å². The van der Waals surface area contributed by atoms with E-state index in [0.29, 0.717) is 24.1 Å². The number of aliphatic imine (C=N–C) groups is 1. The Kier molecular flexibility index (Phi) is 7.03. The van der Waals surface area contributed by atoms with Gasteiger partial charge in [-0.05, 0) is 31.5 Å². The lowest BCUT2D eigenvalue weighted by Crippen LogP contribution is -2.45. The highest BCUT2D eigenvalue weighted by molar-refractivity contribution is 6.31. The summed E-state index contributed by atoms with van der Waals surface area (Å²) in [5.74, 6) is 1.25. The molecule has 0 aliphatic carbocycles. The summed E-state index contributed by atoms with van der Waals surface area (Å²) in [6, 6.07) is 5.45. The minimum atomic E-state index is -0.356. The first-order chi connectivity index (χ1) is 14.0. The van der Waals surface area contributed by atoms with Crippen molar-refractivity contribution in [1.82, 2.24) is 20.9 Å². The summed E-state index contributed by atoms with van der Waals surface area (Å²) in [7, 11) is 1.65. The number of hydrogen-bond acceptors (Lipinski definition) is 5. The number of methoxy groups -OCH3 is 1. The van der Waals surface area contributed by atoms with E-state index in [-0.39, 0.29) is 31.1 Å². The van der Waals surface area contributed by atoms with Gasteiger partial charge in [0.2, 0.25) is 5.91 Å². The molecular weight excluding hydrogens is 396 g/mol. The number of ether oxygens (including phenoxy) is 1. The van der Waals surface area contributed by atoms with Crippen molar-refractivity contribution in [1.29, 1.82) is 0 Å². The van der Waals surface area contributed by atoms with Crippen LogP contribution < -0.4 is 25.6 Å². The molecule has 2 aliphatic rings. The molecule has 0 aromatic heterocycles. The van der Waals surface area contributed by atoms with Crippen molar-refractivity contribution in [2.75, 3.05) is 51.3 Å². The number of carbonyl (C=O) groups is 2. The maximum atomic E-state index is 11.6. The van der Waals surface area contributed by atoms with Crippen molar-refractivity contribution >= 4 is 35.2 Å². The van der Waals surface area contributed by atoms with E-state index in [1.165, 1.54) is 4.90 Å². The van der Waals surface area contributed by atoms with Gasteiger partial charge in [0.05, 0.1) is 32.4 Å². The van der Waals surface area contributed by atoms with E-state index in [0.717, 1.165) is 30.9 Å². The first-order valence-corrected chi connectivity index (χ1v) is 10.1. The fourth-order valence-electron chi connectivity index (χ4n) is 3.46. The second-order valence-electron chi connectivity index (χ2n) is 6.86. The van der Waals surface area contributed by atoms with Crippen LogP contribution in [-0.4, -0.2) is 75.2 Å². The molecule has 2 heterocycles. The van der Waals surface area contributed by atoms with Crippen molar-refractivity contribution < 1.29 is 14.3 Å². The summed E-state index contributed by atoms with van der Waals surface area (Å²) in [5, 5.41) is 9.83. The number of urea groups is 1. The molecule has 0 saturated carbocycles. The predicted molar refractivity (Wildman–Crippen MR) is 113 cm³/mol. The van der Waals surface area contributed by atoms with Gasteiger partial charge >= 0.3 is 6.03 Å². The van der Waals surface area contributed by atoms with Crippen molar-refractivity contribution in [3.05, 3.63) is 23.2 Å². The number of guanidine groups is 1. The molecule has 10 heteroatoms. The first kappa shape index (κ1) is 21.0. The molecule has 0 radical (unpaired) electrons. The van der Waals surface area contributed by atoms with Gasteiger partial charge in [-0.2, -0.15) is 0 Å². The third-order valence-corrected chi connectivity index (χ3v) is 5.12. The van der Waals surface area contributed by atoms with Gasteiger partial charge in [0.25, 0.3) is 0 Å². The number of halogens is 1. The Bertz CT molecular complexity index is 771. The van der Waals surface area contributed by atoms with Crippen molar-refractivity contribution in [2.24, 2.45) is 4.99 Å². The second kappa shape index (κ2) is 9.69. The zero-order valence-electron chi connectivity index (χ0n) is 16.7. The van der Waals surface area contributed by atoms with Crippen LogP contribution in [0.4, 0.5) is 10.5 Å². The molecule has 2 fully saturated rings. The topological polar surface area (TPSA) is 98.3 Å². The number of carbonyl (C=O) groups excluding carboxylic acids is 2. The molecule has 2 aliphatic heterocycles. The van der Waals surface area contributed by atoms with Gasteiger partial charge in [0.1, 0.15) is 5.75 Å². The van der Waals surface area contributed by atoms with Gasteiger partial charge in [-0.1, -0.05) is 11.6 Å². The zero-order chi connectivity index (χ0) is 20.8. The number of imide groups is 1. The zero-order valence-corrected chi connectivity index (χ0v) is 17.5. The maximum absolute atomic E-state index is 11.6. The summed E-state index contributed by atoms with van der Waals surface area (Å²) < 4.78 is 5.47. The Morgan fingerprint density at radius 2 is 2.24 bits per heavy atom. The van der Waals surface area contributed by atoms with E-state index < -0.39 is 0 Å². The number of amides is 3. The highest BCUT2D eigenvalue weighted by atomic mass is 35.5. The van der Waals surface area contributed by atoms with Gasteiger partial charge < -0.3 is 25.6 Å². The molecular formula is C19H27ClN6O3. The second-order valence-corrected chi connectivity index (χ2v) is 7.29. The van der Waals surface area contributed by atoms with E-state index >= 15 is 0 Å². The summed E-state index contributed by atoms with van der Waals surface area (Å²) in [4.78, 5) is 31.2. The minimum absolute atomic E-state index is 0.0612. The first-order valence-electron chi connectivity index (χ1n) is 9.73. The van der Waals surface area contributed by atoms with E-state index in [9.17, 15) is 9.59 Å². The van der Waals surface area contributed by atoms with Crippen LogP contribution in [0, 0.1) is 0 Å². The fraction of sp³-hybridized carbons (Fsp3) is 0.526. The Labute approximate surface area is 175 Å². The van der Waals surface area contributed by atoms with Crippen LogP contribution in [0.3, 0.4) is 0 Å². The van der Waals surface area contributed by atoms with E-state index in [2.05, 4.69) is 25.8 Å². The Morgan fingerprint density at radius 1 is 1.41 bits per heavy atom. The molecule has 158 valence electrons. The van der Waals surface area contributed by atoms with E-state index in [1.54, 1.807) is 7.11 Å². The number of nitrogens with zero attached hydrogens (tertiary/aromatic N) is 3. The average Bonchev–Trinajstić information content (AvgIpc) is 3.29. The lowest BCUT2D eigenvalue weighted by Gasteiger charge is -2.22. The highest BCUT2D eigenvalue weighted by Crippen LogP contribution is 2.33. The third-order valence-electron chi connectivity index (χ3n) is 4.89. The molecule has 0 bridgehead atoms. The molecule has 29 heavy (non-hydrogen) atoms. The van der Waals surface area contributed by atoms with Crippen LogP contribution in [0.5, 0.6) is 5.75 Å². The number of nitrogens with one attached hydrogen (secondary N) is 3. The Balaban J connectivity index is 1.58. The molecule has 9 nitrogen and oxygen atoms in total. The lowest BCUT2D eigenvalue weighted by molar-refractivity contribution is -0.124. The van der Waals surface area contributed by atoms with Gasteiger partial charge in [-0.25, -0.2) is 4.79 Å². The molecule has 3 N–H and O–H groups in total. The van der Waals surface area contributed by atoms with Crippen LogP contribution in [0.25, 0.3) is 0 Å². The Hall–Kier alpha value is -2.68. The molecule has 0 spiro atoms. The SMILES string of the molecule is CCNC(=NCCN1C(=O)CNC1=O)NC1CCN(c2cc(Cl)ccc2OC)C1. The normalized spacial score (nSPS) is 19.6. The van der Waals surface area contributed by atoms with Crippen LogP contribution in [0.2, 0.25) is 5.02 Å². The minimum Gasteiger partial charge on any atom is -0.495 e. The lowest BCUT2D eigenvalue weighted by atomic mass is 10.2. The molecule has 1 unspecified atom stereocenters. The summed E-state index contributed by atoms with van der Waals surface area (Å²) in [5.41, 5.74) is 0.977. The van der Waals surface area contributed by atoms with Gasteiger partial charge in [-0.3, -0.25) is 14.7 Å². The summed E-state index contributed by atoms with van der Waals surface area (Å²) >= 11 is 6.16. The van der Waals surface area contributed by atoms with E-state index in [4.69, 9.17) is 16.3 Å². The predicted octanol–water partition coefficient (Wildman–Crippen LogP) is 1.03. The number of rotatable bonds is 7. The molecule has 2 saturated heterocycles. The Morgan fingerprint density at radius 3 is 2.93 bits per heavy atom. The van der Waals surface area contributed by atoms with Crippen molar-refractivity contribution in [3.8, 4) is 5.75 Å². The monoisotopic (exact) mass is 422 g/mol. The van der Waals surface area contributed by atoms with Crippen molar-refractivity contribution in [2.45, 2.75) is 19.4 Å². The molecule has 1 aromatic rings. The highest BCUT2D eigenvalue weighted by Gasteiger charge is 2.28. The number of benzene rings is 1. The molecule has 3 amide bonds. The average molecular weight is 423 g/mol. The summed E-state index contributed by atoms with van der Waals surface area (Å²) in [6.07, 6.45) is 0.938. The number of hydrogen-bond donors (Lipinski definition) is 3. The molecule has 1 aromatic carbocycles. The molecule has 1 atom stereocenters. The fourth-order valence-corrected chi connectivity index (χ4v) is 3.63. The van der Waals surface area contributed by atoms with Crippen molar-refractivity contribution in [3.63, 3.8) is 0 Å². The maximum Gasteiger partial charge on any atom is 0.324 e. The quantitative estimate of drug-likeness (QED) is 0.345. The standard InChI is InChI=1S/C19H27ClN6O3/c1-3-21-18(22-7-9-26-17(27)11-23-19(26)28)24-14-6-8-25(12-14)15-10-13(20)4-5-16(15)29-2/h4-5,10,14H,3,6-9,11-12H2,1-2H3,(H,23,28)(H2,21,22,24). The van der Waals surface area contributed by atoms with Gasteiger partial charge in [0.15, 0.2) is 5.96 Å². The largest absolute Gasteiger partial charge is 0.495 e. The van der Waals surface area contributed by atoms with Crippen LogP contribution in [0.15, 0.2) is 23.2 Å². The van der Waals surface area contributed by atoms with Gasteiger partial charge in [0, 0.05) is 30.7 Å².